The highest BCUT2D eigenvalue weighted by molar-refractivity contribution is 7.10. The highest BCUT2D eigenvalue weighted by Crippen LogP contribution is 2.51. The second-order valence-corrected chi connectivity index (χ2v) is 8.21. The van der Waals surface area contributed by atoms with Crippen molar-refractivity contribution >= 4 is 33.8 Å². The first-order valence-electron chi connectivity index (χ1n) is 9.37. The summed E-state index contributed by atoms with van der Waals surface area (Å²) in [6, 6.07) is -0.344. The molecular weight excluding hydrogens is 383 g/mol. The monoisotopic (exact) mass is 402 g/mol. The van der Waals surface area contributed by atoms with Crippen molar-refractivity contribution in [3.8, 4) is 0 Å². The maximum atomic E-state index is 15.3. The SMILES string of the molecule is Cc1nsc2c1CC1CC(=NCCN)C(F)=C3OC4=C(CCC(=O)C4=O)N2C31. The molecule has 2 N–H and O–H groups in total. The van der Waals surface area contributed by atoms with Crippen LogP contribution in [0, 0.1) is 12.8 Å². The molecule has 0 fully saturated rings. The lowest BCUT2D eigenvalue weighted by Crippen LogP contribution is -2.53. The first-order chi connectivity index (χ1) is 13.5. The Morgan fingerprint density at radius 2 is 2.18 bits per heavy atom. The average Bonchev–Trinajstić information content (AvgIpc) is 3.06. The van der Waals surface area contributed by atoms with Crippen LogP contribution in [0.15, 0.2) is 28.0 Å². The smallest absolute Gasteiger partial charge is 0.265 e. The summed E-state index contributed by atoms with van der Waals surface area (Å²) in [6.07, 6.45) is 1.77. The summed E-state index contributed by atoms with van der Waals surface area (Å²) in [5.74, 6) is -1.63. The molecule has 0 radical (unpaired) electrons. The van der Waals surface area contributed by atoms with Crippen LogP contribution in [-0.4, -0.2) is 40.8 Å². The van der Waals surface area contributed by atoms with Gasteiger partial charge in [-0.1, -0.05) is 0 Å². The number of Topliss-reactive ketones (excluding diaryl/α,β-unsaturated/α-hetero) is 2. The van der Waals surface area contributed by atoms with Crippen molar-refractivity contribution in [1.29, 1.82) is 0 Å². The highest BCUT2D eigenvalue weighted by atomic mass is 32.1. The van der Waals surface area contributed by atoms with Crippen molar-refractivity contribution in [3.05, 3.63) is 34.3 Å². The molecule has 0 saturated heterocycles. The molecule has 3 heterocycles. The predicted molar refractivity (Wildman–Crippen MR) is 102 cm³/mol. The summed E-state index contributed by atoms with van der Waals surface area (Å²) in [5.41, 5.74) is 8.59. The van der Waals surface area contributed by atoms with Gasteiger partial charge in [0.15, 0.2) is 17.3 Å². The molecule has 2 unspecified atom stereocenters. The molecule has 1 aromatic heterocycles. The number of anilines is 1. The fourth-order valence-corrected chi connectivity index (χ4v) is 5.51. The Balaban J connectivity index is 1.73. The van der Waals surface area contributed by atoms with E-state index < -0.39 is 17.4 Å². The normalized spacial score (nSPS) is 27.7. The van der Waals surface area contributed by atoms with Gasteiger partial charge in [-0.05, 0) is 43.6 Å². The summed E-state index contributed by atoms with van der Waals surface area (Å²) >= 11 is 1.35. The molecule has 0 saturated carbocycles. The maximum absolute atomic E-state index is 15.3. The Morgan fingerprint density at radius 1 is 1.36 bits per heavy atom. The number of rotatable bonds is 2. The molecule has 0 bridgehead atoms. The van der Waals surface area contributed by atoms with E-state index in [-0.39, 0.29) is 29.9 Å². The molecule has 1 aromatic rings. The number of nitrogens with zero attached hydrogens (tertiary/aromatic N) is 3. The quantitative estimate of drug-likeness (QED) is 0.760. The van der Waals surface area contributed by atoms with E-state index >= 15 is 4.39 Å². The Morgan fingerprint density at radius 3 is 2.96 bits per heavy atom. The third kappa shape index (κ3) is 2.35. The summed E-state index contributed by atoms with van der Waals surface area (Å²) in [6.45, 7) is 2.62. The van der Waals surface area contributed by atoms with Gasteiger partial charge in [0.25, 0.3) is 5.78 Å². The maximum Gasteiger partial charge on any atom is 0.265 e. The molecular formula is C19H19FN4O3S. The van der Waals surface area contributed by atoms with Gasteiger partial charge >= 0.3 is 0 Å². The second-order valence-electron chi connectivity index (χ2n) is 7.46. The van der Waals surface area contributed by atoms with Gasteiger partial charge < -0.3 is 15.4 Å². The van der Waals surface area contributed by atoms with Crippen molar-refractivity contribution in [3.63, 3.8) is 0 Å². The van der Waals surface area contributed by atoms with Crippen LogP contribution in [0.5, 0.6) is 0 Å². The molecule has 9 heteroatoms. The molecule has 146 valence electrons. The number of ketones is 2. The molecule has 0 aromatic carbocycles. The van der Waals surface area contributed by atoms with Crippen LogP contribution in [0.1, 0.15) is 30.5 Å². The number of hydrogen-bond donors (Lipinski definition) is 1. The zero-order chi connectivity index (χ0) is 19.6. The summed E-state index contributed by atoms with van der Waals surface area (Å²) in [5, 5.41) is 0.921. The van der Waals surface area contributed by atoms with Crippen LogP contribution in [0.4, 0.5) is 9.39 Å². The van der Waals surface area contributed by atoms with Crippen molar-refractivity contribution in [2.75, 3.05) is 18.0 Å². The number of allylic oxidation sites excluding steroid dienone is 3. The van der Waals surface area contributed by atoms with Crippen molar-refractivity contribution in [2.45, 2.75) is 38.6 Å². The van der Waals surface area contributed by atoms with E-state index in [1.54, 1.807) is 0 Å². The standard InChI is InChI=1S/C19H19FN4O3S/c1-8-10-6-9-7-11(22-5-4-21)14(20)18-15(9)24(19(10)28-23-8)12-2-3-13(25)16(26)17(12)27-18/h9,15H,2-7,21H2,1H3. The number of aliphatic imine (C=N–C) groups is 1. The molecule has 2 atom stereocenters. The summed E-state index contributed by atoms with van der Waals surface area (Å²) < 4.78 is 25.6. The molecule has 7 nitrogen and oxygen atoms in total. The van der Waals surface area contributed by atoms with E-state index in [0.29, 0.717) is 37.3 Å². The Bertz CT molecular complexity index is 1010. The second kappa shape index (κ2) is 6.31. The van der Waals surface area contributed by atoms with Crippen LogP contribution in [0.25, 0.3) is 0 Å². The Labute approximate surface area is 164 Å². The third-order valence-corrected chi connectivity index (χ3v) is 6.79. The number of hydrogen-bond acceptors (Lipinski definition) is 8. The number of aromatic nitrogens is 1. The molecule has 28 heavy (non-hydrogen) atoms. The van der Waals surface area contributed by atoms with Crippen LogP contribution in [-0.2, 0) is 20.7 Å². The van der Waals surface area contributed by atoms with Crippen LogP contribution in [0.2, 0.25) is 0 Å². The number of fused-ring (bicyclic) bond motifs is 3. The molecule has 4 aliphatic rings. The summed E-state index contributed by atoms with van der Waals surface area (Å²) in [7, 11) is 0. The van der Waals surface area contributed by atoms with Gasteiger partial charge in [-0.25, -0.2) is 4.39 Å². The number of carbonyl (C=O) groups excluding carboxylic acids is 2. The van der Waals surface area contributed by atoms with E-state index in [9.17, 15) is 9.59 Å². The zero-order valence-corrected chi connectivity index (χ0v) is 16.1. The number of carbonyl (C=O) groups is 2. The Kier molecular flexibility index (Phi) is 3.99. The van der Waals surface area contributed by atoms with Crippen LogP contribution < -0.4 is 10.6 Å². The van der Waals surface area contributed by atoms with Gasteiger partial charge in [-0.15, -0.1) is 0 Å². The van der Waals surface area contributed by atoms with Crippen molar-refractivity contribution in [1.82, 2.24) is 4.37 Å². The lowest BCUT2D eigenvalue weighted by atomic mass is 9.77. The largest absolute Gasteiger partial charge is 0.450 e. The van der Waals surface area contributed by atoms with E-state index in [0.717, 1.165) is 22.7 Å². The molecule has 2 aliphatic heterocycles. The van der Waals surface area contributed by atoms with Gasteiger partial charge in [0.1, 0.15) is 5.00 Å². The minimum atomic E-state index is -0.684. The number of halogens is 1. The van der Waals surface area contributed by atoms with Gasteiger partial charge in [-0.3, -0.25) is 14.6 Å². The van der Waals surface area contributed by atoms with E-state index in [1.807, 2.05) is 11.8 Å². The number of nitrogens with two attached hydrogens (primary N) is 1. The van der Waals surface area contributed by atoms with Crippen LogP contribution >= 0.6 is 11.5 Å². The molecule has 0 amide bonds. The van der Waals surface area contributed by atoms with Crippen molar-refractivity contribution < 1.29 is 18.7 Å². The van der Waals surface area contributed by atoms with Crippen LogP contribution in [0.3, 0.4) is 0 Å². The molecule has 5 rings (SSSR count). The fraction of sp³-hybridized carbons (Fsp3) is 0.474. The lowest BCUT2D eigenvalue weighted by Gasteiger charge is -2.49. The van der Waals surface area contributed by atoms with Gasteiger partial charge in [-0.2, -0.15) is 4.37 Å². The molecule has 2 aliphatic carbocycles. The third-order valence-electron chi connectivity index (χ3n) is 5.81. The number of aryl methyl sites for hydroxylation is 1. The fourth-order valence-electron chi connectivity index (χ4n) is 4.53. The van der Waals surface area contributed by atoms with E-state index in [2.05, 4.69) is 9.37 Å². The van der Waals surface area contributed by atoms with E-state index in [4.69, 9.17) is 10.5 Å². The topological polar surface area (TPSA) is 97.9 Å². The van der Waals surface area contributed by atoms with Gasteiger partial charge in [0.05, 0.1) is 29.7 Å². The minimum absolute atomic E-state index is 0.0459. The first kappa shape index (κ1) is 17.7. The van der Waals surface area contributed by atoms with Gasteiger partial charge in [0.2, 0.25) is 5.78 Å². The average molecular weight is 402 g/mol. The number of ether oxygens (including phenoxy) is 1. The first-order valence-corrected chi connectivity index (χ1v) is 10.1. The van der Waals surface area contributed by atoms with Crippen molar-refractivity contribution in [2.24, 2.45) is 16.6 Å². The van der Waals surface area contributed by atoms with Gasteiger partial charge in [0, 0.05) is 18.5 Å². The minimum Gasteiger partial charge on any atom is -0.450 e. The predicted octanol–water partition coefficient (Wildman–Crippen LogP) is 1.96. The zero-order valence-electron chi connectivity index (χ0n) is 15.3. The Hall–Kier alpha value is -2.39. The highest BCUT2D eigenvalue weighted by Gasteiger charge is 2.52. The summed E-state index contributed by atoms with van der Waals surface area (Å²) in [4.78, 5) is 30.8. The molecule has 0 spiro atoms. The lowest BCUT2D eigenvalue weighted by molar-refractivity contribution is -0.137. The van der Waals surface area contributed by atoms with E-state index in [1.165, 1.54) is 11.5 Å².